The Morgan fingerprint density at radius 1 is 0.273 bits per heavy atom. The molecule has 0 N–H and O–H groups in total. The maximum atomic E-state index is 8.42. The predicted octanol–water partition coefficient (Wildman–Crippen LogP) is -18.1. The standard InChI is InChI=1S/4BO3.3Ba.3Ca/c4*2-1(3)4;;;;;;/q4*-3;6*+2. The molecule has 0 unspecified atom stereocenters. The molecule has 0 bridgehead atoms. The van der Waals surface area contributed by atoms with E-state index in [2.05, 4.69) is 0 Å². The number of hydrogen-bond acceptors (Lipinski definition) is 12. The predicted molar refractivity (Wildman–Crippen MR) is 57.5 cm³/mol. The van der Waals surface area contributed by atoms with E-state index < -0.39 is 29.3 Å². The average Bonchev–Trinajstić information content (AvgIpc) is 1.76. The van der Waals surface area contributed by atoms with Crippen LogP contribution in [0.3, 0.4) is 0 Å². The van der Waals surface area contributed by atoms with Gasteiger partial charge in [0.15, 0.2) is 0 Å². The van der Waals surface area contributed by atoms with E-state index in [1.54, 1.807) is 0 Å². The van der Waals surface area contributed by atoms with E-state index in [9.17, 15) is 0 Å². The Hall–Kier alpha value is 8.27. The van der Waals surface area contributed by atoms with E-state index in [0.717, 1.165) is 0 Å². The molecule has 0 spiro atoms. The first-order valence-corrected chi connectivity index (χ1v) is 2.83. The third-order valence-electron chi connectivity index (χ3n) is 0. The van der Waals surface area contributed by atoms with Crippen LogP contribution in [0.5, 0.6) is 0 Å². The van der Waals surface area contributed by atoms with Crippen LogP contribution in [0.2, 0.25) is 0 Å². The molecule has 0 aliphatic rings. The van der Waals surface area contributed by atoms with Gasteiger partial charge >= 0.3 is 260 Å². The van der Waals surface area contributed by atoms with E-state index >= 15 is 0 Å². The zero-order valence-corrected chi connectivity index (χ0v) is 31.4. The minimum Gasteiger partial charge on any atom is -0.907 e. The molecule has 22 heteroatoms. The van der Waals surface area contributed by atoms with Crippen molar-refractivity contribution in [3.63, 3.8) is 0 Å². The Bertz CT molecular complexity index is 80.6. The summed E-state index contributed by atoms with van der Waals surface area (Å²) < 4.78 is 0. The third-order valence-corrected chi connectivity index (χ3v) is 0. The van der Waals surface area contributed by atoms with E-state index in [4.69, 9.17) is 60.3 Å². The summed E-state index contributed by atoms with van der Waals surface area (Å²) in [6.45, 7) is 0. The van der Waals surface area contributed by atoms with Gasteiger partial charge in [0.05, 0.1) is 0 Å². The smallest absolute Gasteiger partial charge is 0.907 e. The van der Waals surface area contributed by atoms with Crippen molar-refractivity contribution in [2.75, 3.05) is 0 Å². The molecular weight excluding hydrogens is 767 g/mol. The minimum absolute atomic E-state index is 0. The Kier molecular flexibility index (Phi) is 163. The summed E-state index contributed by atoms with van der Waals surface area (Å²) in [5.41, 5.74) is 0. The average molecular weight is 767 g/mol. The first-order chi connectivity index (χ1) is 6.93. The molecule has 0 aromatic heterocycles. The van der Waals surface area contributed by atoms with Crippen LogP contribution in [0.25, 0.3) is 0 Å². The van der Waals surface area contributed by atoms with Crippen molar-refractivity contribution < 1.29 is 60.3 Å². The summed E-state index contributed by atoms with van der Waals surface area (Å²) in [6.07, 6.45) is 0. The van der Waals surface area contributed by atoms with E-state index in [0.29, 0.717) is 0 Å². The molecule has 0 fully saturated rings. The molecule has 0 atom stereocenters. The van der Waals surface area contributed by atoms with Gasteiger partial charge in [0, 0.05) is 0 Å². The van der Waals surface area contributed by atoms with Gasteiger partial charge in [0.1, 0.15) is 0 Å². The van der Waals surface area contributed by atoms with Gasteiger partial charge in [-0.3, -0.25) is 29.3 Å². The van der Waals surface area contributed by atoms with Crippen molar-refractivity contribution in [1.29, 1.82) is 0 Å². The first kappa shape index (κ1) is 63.1. The Morgan fingerprint density at radius 2 is 0.273 bits per heavy atom. The summed E-state index contributed by atoms with van der Waals surface area (Å²) in [4.78, 5) is 0. The van der Waals surface area contributed by atoms with Crippen molar-refractivity contribution in [3.05, 3.63) is 0 Å². The quantitative estimate of drug-likeness (QED) is 0.208. The number of rotatable bonds is 0. The van der Waals surface area contributed by atoms with Gasteiger partial charge in [-0.05, 0) is 0 Å². The van der Waals surface area contributed by atoms with Crippen LogP contribution in [0.15, 0.2) is 0 Å². The second-order valence-electron chi connectivity index (χ2n) is 1.15. The fourth-order valence-electron chi connectivity index (χ4n) is 0. The summed E-state index contributed by atoms with van der Waals surface area (Å²) in [6, 6.07) is 0. The van der Waals surface area contributed by atoms with E-state index in [-0.39, 0.29) is 260 Å². The van der Waals surface area contributed by atoms with Gasteiger partial charge in [-0.1, -0.05) is 0 Å². The van der Waals surface area contributed by atoms with Gasteiger partial charge in [0.2, 0.25) is 0 Å². The minimum atomic E-state index is -2.92. The van der Waals surface area contributed by atoms with Crippen molar-refractivity contribution in [1.82, 2.24) is 0 Å². The molecule has 0 aromatic rings. The zero-order valence-electron chi connectivity index (χ0n) is 11.5. The fourth-order valence-corrected chi connectivity index (χ4v) is 0. The zero-order chi connectivity index (χ0) is 14.3. The van der Waals surface area contributed by atoms with Crippen LogP contribution in [0.4, 0.5) is 0 Å². The Balaban J connectivity index is -0.00000001000. The van der Waals surface area contributed by atoms with Crippen molar-refractivity contribution in [2.24, 2.45) is 0 Å². The molecule has 0 aromatic carbocycles. The molecule has 12 nitrogen and oxygen atoms in total. The maximum absolute atomic E-state index is 8.42. The van der Waals surface area contributed by atoms with Crippen molar-refractivity contribution in [3.8, 4) is 0 Å². The molecular formula is B4Ba3Ca3O12. The van der Waals surface area contributed by atoms with Crippen LogP contribution in [0.1, 0.15) is 0 Å². The van der Waals surface area contributed by atoms with E-state index in [1.165, 1.54) is 0 Å². The second kappa shape index (κ2) is 56.9. The van der Waals surface area contributed by atoms with Crippen LogP contribution in [0, 0.1) is 0 Å². The van der Waals surface area contributed by atoms with Gasteiger partial charge in [0.25, 0.3) is 0 Å². The normalized spacial score (nSPS) is 4.91. The van der Waals surface area contributed by atoms with Crippen LogP contribution in [-0.4, -0.2) is 289 Å². The molecule has 0 radical (unpaired) electrons. The molecule has 0 heterocycles. The Morgan fingerprint density at radius 3 is 0.273 bits per heavy atom. The van der Waals surface area contributed by atoms with Crippen molar-refractivity contribution >= 4 is 289 Å². The SMILES string of the molecule is [Ba+2].[Ba+2].[Ba+2].[Ca+2].[Ca+2].[Ca+2].[O-]B([O-])[O-].[O-]B([O-])[O-].[O-]B([O-])[O-].[O-]B([O-])[O-]. The Labute approximate surface area is 339 Å². The topological polar surface area (TPSA) is 277 Å². The molecule has 22 heavy (non-hydrogen) atoms. The monoisotopic (exact) mass is 770 g/mol. The first-order valence-electron chi connectivity index (χ1n) is 2.83. The molecule has 0 rings (SSSR count). The van der Waals surface area contributed by atoms with Gasteiger partial charge in [-0.25, -0.2) is 0 Å². The molecule has 0 saturated carbocycles. The molecule has 0 saturated heterocycles. The summed E-state index contributed by atoms with van der Waals surface area (Å²) in [5.74, 6) is 0. The van der Waals surface area contributed by atoms with Gasteiger partial charge < -0.3 is 60.3 Å². The summed E-state index contributed by atoms with van der Waals surface area (Å²) in [7, 11) is -11.7. The summed E-state index contributed by atoms with van der Waals surface area (Å²) >= 11 is 0. The molecule has 0 aliphatic carbocycles. The second-order valence-corrected chi connectivity index (χ2v) is 1.15. The largest absolute Gasteiger partial charge is 2.00 e. The van der Waals surface area contributed by atoms with E-state index in [1.807, 2.05) is 0 Å². The van der Waals surface area contributed by atoms with Crippen LogP contribution < -0.4 is 60.3 Å². The molecule has 0 aliphatic heterocycles. The fraction of sp³-hybridized carbons (Fsp3) is 0. The van der Waals surface area contributed by atoms with Crippen LogP contribution >= 0.6 is 0 Å². The van der Waals surface area contributed by atoms with Crippen molar-refractivity contribution in [2.45, 2.75) is 0 Å². The maximum Gasteiger partial charge on any atom is 2.00 e. The van der Waals surface area contributed by atoms with Crippen LogP contribution in [-0.2, 0) is 0 Å². The molecule has 0 amide bonds. The molecule has 96 valence electrons. The summed E-state index contributed by atoms with van der Waals surface area (Å²) in [5, 5.41) is 101. The van der Waals surface area contributed by atoms with Gasteiger partial charge in [-0.15, -0.1) is 0 Å². The number of hydrogen-bond donors (Lipinski definition) is 0. The van der Waals surface area contributed by atoms with Gasteiger partial charge in [-0.2, -0.15) is 0 Å². The third kappa shape index (κ3) is 307.